The van der Waals surface area contributed by atoms with E-state index in [-0.39, 0.29) is 24.7 Å². The van der Waals surface area contributed by atoms with Crippen molar-refractivity contribution in [2.75, 3.05) is 20.3 Å². The lowest BCUT2D eigenvalue weighted by Gasteiger charge is -2.11. The number of hydrogen-bond donors (Lipinski definition) is 2. The third-order valence-corrected chi connectivity index (χ3v) is 3.83. The number of fused-ring (bicyclic) bond motifs is 1. The monoisotopic (exact) mass is 372 g/mol. The van der Waals surface area contributed by atoms with Gasteiger partial charge < -0.3 is 20.0 Å². The summed E-state index contributed by atoms with van der Waals surface area (Å²) in [6.45, 7) is 0.0905. The van der Waals surface area contributed by atoms with Crippen molar-refractivity contribution >= 4 is 17.6 Å². The molecule has 0 aromatic heterocycles. The Bertz CT molecular complexity index is 753. The molecule has 1 aliphatic rings. The van der Waals surface area contributed by atoms with Gasteiger partial charge in [-0.05, 0) is 49.1 Å². The molecule has 2 N–H and O–H groups in total. The first-order chi connectivity index (χ1) is 13.1. The number of benzene rings is 1. The molecule has 1 amide bonds. The molecule has 0 saturated heterocycles. The second kappa shape index (κ2) is 10.8. The van der Waals surface area contributed by atoms with Crippen LogP contribution in [0.4, 0.5) is 0 Å². The van der Waals surface area contributed by atoms with Gasteiger partial charge in [-0.3, -0.25) is 4.79 Å². The fourth-order valence-corrected chi connectivity index (χ4v) is 2.43. The van der Waals surface area contributed by atoms with Crippen molar-refractivity contribution in [2.45, 2.75) is 25.7 Å². The molecule has 2 rings (SSSR count). The Hall–Kier alpha value is -3.09. The standard InChI is InChI=1S/C20H24N2O5/c1-21-19(24)14-27-22-16-8-6-4-2-3-5-7-11-26-20(25)18-10-9-17(23)13-15(18)12-16/h3,5-6,8-10,13,23H,2,4,7,11-12,14H2,1H3,(H,21,24)/b5-3+,8-6+,22-16+. The number of carbonyl (C=O) groups is 2. The normalized spacial score (nSPS) is 19.3. The molecule has 0 radical (unpaired) electrons. The summed E-state index contributed by atoms with van der Waals surface area (Å²) < 4.78 is 5.30. The Balaban J connectivity index is 2.29. The molecule has 0 atom stereocenters. The summed E-state index contributed by atoms with van der Waals surface area (Å²) in [6.07, 6.45) is 10.3. The number of nitrogens with one attached hydrogen (secondary N) is 1. The van der Waals surface area contributed by atoms with Crippen LogP contribution in [-0.4, -0.2) is 43.0 Å². The SMILES string of the molecule is CNC(=O)CO/N=C1\C=C\CC/C=C/CCOC(=O)c2ccc(O)cc2C1. The lowest BCUT2D eigenvalue weighted by atomic mass is 10.0. The van der Waals surface area contributed by atoms with E-state index in [1.54, 1.807) is 6.08 Å². The van der Waals surface area contributed by atoms with E-state index in [1.807, 2.05) is 18.2 Å². The second-order valence-electron chi connectivity index (χ2n) is 5.92. The molecular formula is C20H24N2O5. The van der Waals surface area contributed by atoms with Crippen LogP contribution in [0.1, 0.15) is 35.2 Å². The van der Waals surface area contributed by atoms with Gasteiger partial charge in [0, 0.05) is 13.5 Å². The first-order valence-electron chi connectivity index (χ1n) is 8.80. The zero-order valence-corrected chi connectivity index (χ0v) is 15.3. The zero-order chi connectivity index (χ0) is 19.5. The van der Waals surface area contributed by atoms with Crippen LogP contribution < -0.4 is 5.32 Å². The Labute approximate surface area is 158 Å². The molecule has 1 aromatic carbocycles. The van der Waals surface area contributed by atoms with Gasteiger partial charge in [0.1, 0.15) is 5.75 Å². The molecule has 7 heteroatoms. The maximum Gasteiger partial charge on any atom is 0.338 e. The molecule has 27 heavy (non-hydrogen) atoms. The number of nitrogens with zero attached hydrogens (tertiary/aromatic N) is 1. The maximum atomic E-state index is 12.4. The zero-order valence-electron chi connectivity index (χ0n) is 15.3. The quantitative estimate of drug-likeness (QED) is 0.483. The van der Waals surface area contributed by atoms with Gasteiger partial charge in [-0.15, -0.1) is 0 Å². The van der Waals surface area contributed by atoms with E-state index in [9.17, 15) is 14.7 Å². The number of carbonyl (C=O) groups excluding carboxylic acids is 2. The van der Waals surface area contributed by atoms with E-state index in [4.69, 9.17) is 9.57 Å². The molecular weight excluding hydrogens is 348 g/mol. The highest BCUT2D eigenvalue weighted by Gasteiger charge is 2.15. The van der Waals surface area contributed by atoms with Gasteiger partial charge in [0.15, 0.2) is 6.61 Å². The smallest absolute Gasteiger partial charge is 0.338 e. The van der Waals surface area contributed by atoms with Crippen molar-refractivity contribution in [3.63, 3.8) is 0 Å². The summed E-state index contributed by atoms with van der Waals surface area (Å²) in [4.78, 5) is 28.8. The van der Waals surface area contributed by atoms with Gasteiger partial charge in [-0.25, -0.2) is 4.79 Å². The maximum absolute atomic E-state index is 12.4. The molecule has 1 aliphatic heterocycles. The lowest BCUT2D eigenvalue weighted by Crippen LogP contribution is -2.22. The van der Waals surface area contributed by atoms with E-state index >= 15 is 0 Å². The van der Waals surface area contributed by atoms with Crippen molar-refractivity contribution in [2.24, 2.45) is 5.16 Å². The molecule has 0 spiro atoms. The number of phenolic OH excluding ortho intramolecular Hbond substituents is 1. The predicted molar refractivity (Wildman–Crippen MR) is 102 cm³/mol. The van der Waals surface area contributed by atoms with Crippen molar-refractivity contribution in [1.29, 1.82) is 0 Å². The molecule has 1 heterocycles. The van der Waals surface area contributed by atoms with Crippen LogP contribution >= 0.6 is 0 Å². The first kappa shape index (κ1) is 20.2. The lowest BCUT2D eigenvalue weighted by molar-refractivity contribution is -0.125. The van der Waals surface area contributed by atoms with Gasteiger partial charge >= 0.3 is 5.97 Å². The number of esters is 1. The molecule has 7 nitrogen and oxygen atoms in total. The fourth-order valence-electron chi connectivity index (χ4n) is 2.43. The van der Waals surface area contributed by atoms with Crippen LogP contribution in [0.5, 0.6) is 5.75 Å². The molecule has 0 saturated carbocycles. The number of phenols is 1. The van der Waals surface area contributed by atoms with Crippen LogP contribution in [0.15, 0.2) is 47.7 Å². The van der Waals surface area contributed by atoms with E-state index in [0.717, 1.165) is 12.8 Å². The van der Waals surface area contributed by atoms with Crippen LogP contribution in [0.3, 0.4) is 0 Å². The minimum Gasteiger partial charge on any atom is -0.508 e. The van der Waals surface area contributed by atoms with Crippen molar-refractivity contribution < 1.29 is 24.3 Å². The summed E-state index contributed by atoms with van der Waals surface area (Å²) in [5.74, 6) is -0.707. The van der Waals surface area contributed by atoms with Crippen molar-refractivity contribution in [3.05, 3.63) is 53.6 Å². The molecule has 144 valence electrons. The molecule has 0 fully saturated rings. The van der Waals surface area contributed by atoms with Gasteiger partial charge in [0.2, 0.25) is 0 Å². The summed E-state index contributed by atoms with van der Waals surface area (Å²) in [5, 5.41) is 16.3. The second-order valence-corrected chi connectivity index (χ2v) is 5.92. The summed E-state index contributed by atoms with van der Waals surface area (Å²) in [5.41, 5.74) is 1.46. The topological polar surface area (TPSA) is 97.2 Å². The Morgan fingerprint density at radius 3 is 2.85 bits per heavy atom. The number of likely N-dealkylation sites (N-methyl/N-ethyl adjacent to an activating group) is 1. The van der Waals surface area contributed by atoms with E-state index in [0.29, 0.717) is 29.9 Å². The average Bonchev–Trinajstić information content (AvgIpc) is 2.65. The predicted octanol–water partition coefficient (Wildman–Crippen LogP) is 2.51. The third-order valence-electron chi connectivity index (χ3n) is 3.83. The summed E-state index contributed by atoms with van der Waals surface area (Å²) in [7, 11) is 1.51. The number of aromatic hydroxyl groups is 1. The molecule has 0 aliphatic carbocycles. The van der Waals surface area contributed by atoms with Crippen LogP contribution in [-0.2, 0) is 20.8 Å². The van der Waals surface area contributed by atoms with Gasteiger partial charge in [-0.2, -0.15) is 0 Å². The van der Waals surface area contributed by atoms with Crippen LogP contribution in [0.25, 0.3) is 0 Å². The third kappa shape index (κ3) is 6.97. The van der Waals surface area contributed by atoms with Crippen molar-refractivity contribution in [1.82, 2.24) is 5.32 Å². The number of hydrogen-bond acceptors (Lipinski definition) is 6. The number of ether oxygens (including phenoxy) is 1. The van der Waals surface area contributed by atoms with Crippen LogP contribution in [0.2, 0.25) is 0 Å². The summed E-state index contributed by atoms with van der Waals surface area (Å²) in [6, 6.07) is 4.48. The van der Waals surface area contributed by atoms with Gasteiger partial charge in [-0.1, -0.05) is 23.4 Å². The highest BCUT2D eigenvalue weighted by atomic mass is 16.6. The number of amides is 1. The first-order valence-corrected chi connectivity index (χ1v) is 8.80. The Kier molecular flexibility index (Phi) is 8.09. The molecule has 0 unspecified atom stereocenters. The number of cyclic esters (lactones) is 1. The highest BCUT2D eigenvalue weighted by Crippen LogP contribution is 2.19. The van der Waals surface area contributed by atoms with Crippen LogP contribution in [0, 0.1) is 0 Å². The number of rotatable bonds is 3. The van der Waals surface area contributed by atoms with Crippen molar-refractivity contribution in [3.8, 4) is 5.75 Å². The largest absolute Gasteiger partial charge is 0.508 e. The van der Waals surface area contributed by atoms with Gasteiger partial charge in [0.05, 0.1) is 17.9 Å². The Morgan fingerprint density at radius 1 is 1.26 bits per heavy atom. The number of allylic oxidation sites excluding steroid dienone is 3. The Morgan fingerprint density at radius 2 is 2.04 bits per heavy atom. The van der Waals surface area contributed by atoms with E-state index in [2.05, 4.69) is 10.5 Å². The summed E-state index contributed by atoms with van der Waals surface area (Å²) >= 11 is 0. The minimum absolute atomic E-state index is 0.0419. The molecule has 1 aromatic rings. The van der Waals surface area contributed by atoms with E-state index in [1.165, 1.54) is 25.2 Å². The fraction of sp³-hybridized carbons (Fsp3) is 0.350. The average molecular weight is 372 g/mol. The van der Waals surface area contributed by atoms with E-state index < -0.39 is 5.97 Å². The highest BCUT2D eigenvalue weighted by molar-refractivity contribution is 5.99. The van der Waals surface area contributed by atoms with Gasteiger partial charge in [0.25, 0.3) is 5.91 Å². The minimum atomic E-state index is -0.454. The molecule has 0 bridgehead atoms. The number of oxime groups is 1.